The molecular weight excluding hydrogens is 426 g/mol. The monoisotopic (exact) mass is 444 g/mol. The molecule has 2 heterocycles. The molecule has 8 heteroatoms. The van der Waals surface area contributed by atoms with E-state index in [0.717, 1.165) is 34.6 Å². The van der Waals surface area contributed by atoms with Crippen LogP contribution in [-0.2, 0) is 11.2 Å². The number of aryl methyl sites for hydroxylation is 1. The second-order valence-electron chi connectivity index (χ2n) is 7.44. The van der Waals surface area contributed by atoms with Crippen LogP contribution in [0.4, 0.5) is 14.5 Å². The molecule has 5 rings (SSSR count). The minimum atomic E-state index is -0.735. The van der Waals surface area contributed by atoms with Gasteiger partial charge in [-0.1, -0.05) is 18.2 Å². The maximum absolute atomic E-state index is 13.9. The average Bonchev–Trinajstić information content (AvgIpc) is 3.45. The summed E-state index contributed by atoms with van der Waals surface area (Å²) in [5, 5.41) is 2.82. The van der Waals surface area contributed by atoms with Crippen molar-refractivity contribution in [2.24, 2.45) is 0 Å². The first-order valence-corrected chi connectivity index (χ1v) is 10.3. The van der Waals surface area contributed by atoms with Crippen molar-refractivity contribution in [2.75, 3.05) is 5.32 Å². The lowest BCUT2D eigenvalue weighted by atomic mass is 10.1. The number of para-hydroxylation sites is 2. The predicted octanol–water partition coefficient (Wildman–Crippen LogP) is 5.73. The molecule has 0 bridgehead atoms. The van der Waals surface area contributed by atoms with E-state index < -0.39 is 11.6 Å². The van der Waals surface area contributed by atoms with Crippen LogP contribution in [0.15, 0.2) is 77.3 Å². The van der Waals surface area contributed by atoms with Crippen molar-refractivity contribution in [3.05, 3.63) is 90.5 Å². The number of carbonyl (C=O) groups is 1. The molecule has 33 heavy (non-hydrogen) atoms. The van der Waals surface area contributed by atoms with Crippen molar-refractivity contribution in [1.82, 2.24) is 15.0 Å². The van der Waals surface area contributed by atoms with E-state index >= 15 is 0 Å². The Labute approximate surface area is 187 Å². The van der Waals surface area contributed by atoms with Gasteiger partial charge in [0.1, 0.15) is 17.5 Å². The topological polar surface area (TPSA) is 83.8 Å². The summed E-state index contributed by atoms with van der Waals surface area (Å²) in [5.74, 6) is -0.739. The summed E-state index contributed by atoms with van der Waals surface area (Å²) in [7, 11) is 0. The first-order valence-electron chi connectivity index (χ1n) is 10.3. The summed E-state index contributed by atoms with van der Waals surface area (Å²) in [6.07, 6.45) is 1.55. The van der Waals surface area contributed by atoms with Crippen molar-refractivity contribution in [3.63, 3.8) is 0 Å². The number of hydrogen-bond donors (Lipinski definition) is 2. The van der Waals surface area contributed by atoms with E-state index in [-0.39, 0.29) is 36.0 Å². The second kappa shape index (κ2) is 8.66. The number of oxazole rings is 1. The highest BCUT2D eigenvalue weighted by Gasteiger charge is 2.16. The van der Waals surface area contributed by atoms with E-state index in [4.69, 9.17) is 4.42 Å². The molecule has 0 unspecified atom stereocenters. The van der Waals surface area contributed by atoms with Crippen LogP contribution in [-0.4, -0.2) is 20.9 Å². The Morgan fingerprint density at radius 2 is 1.73 bits per heavy atom. The molecule has 0 spiro atoms. The average molecular weight is 444 g/mol. The molecular formula is C25H18F2N4O2. The number of rotatable bonds is 6. The molecule has 0 aliphatic carbocycles. The van der Waals surface area contributed by atoms with Crippen molar-refractivity contribution in [2.45, 2.75) is 12.8 Å². The van der Waals surface area contributed by atoms with E-state index in [1.54, 1.807) is 12.1 Å². The molecule has 2 N–H and O–H groups in total. The smallest absolute Gasteiger partial charge is 0.224 e. The molecule has 2 aromatic heterocycles. The number of H-pyrrole nitrogens is 1. The van der Waals surface area contributed by atoms with E-state index in [0.29, 0.717) is 5.69 Å². The predicted molar refractivity (Wildman–Crippen MR) is 120 cm³/mol. The fourth-order valence-corrected chi connectivity index (χ4v) is 3.52. The normalized spacial score (nSPS) is 11.1. The van der Waals surface area contributed by atoms with E-state index in [2.05, 4.69) is 20.3 Å². The number of nitrogens with one attached hydrogen (secondary N) is 2. The number of anilines is 1. The summed E-state index contributed by atoms with van der Waals surface area (Å²) in [5.41, 5.74) is 3.11. The zero-order valence-corrected chi connectivity index (χ0v) is 17.3. The maximum atomic E-state index is 13.9. The lowest BCUT2D eigenvalue weighted by Gasteiger charge is -2.05. The summed E-state index contributed by atoms with van der Waals surface area (Å²) in [6, 6.07) is 18.7. The fraction of sp³-hybridized carbons (Fsp3) is 0.0800. The quantitative estimate of drug-likeness (QED) is 0.350. The van der Waals surface area contributed by atoms with Gasteiger partial charge in [-0.05, 0) is 48.5 Å². The van der Waals surface area contributed by atoms with Crippen molar-refractivity contribution >= 4 is 22.6 Å². The Bertz CT molecular complexity index is 1390. The number of amides is 1. The van der Waals surface area contributed by atoms with Gasteiger partial charge < -0.3 is 14.7 Å². The molecule has 0 fully saturated rings. The van der Waals surface area contributed by atoms with Gasteiger partial charge in [0.15, 0.2) is 11.7 Å². The van der Waals surface area contributed by atoms with E-state index in [1.807, 2.05) is 36.4 Å². The lowest BCUT2D eigenvalue weighted by molar-refractivity contribution is -0.116. The SMILES string of the molecule is O=C(CCc1ncc(-c2c(F)cccc2F)o1)Nc1ccc(-c2nc3ccccc3[nH]2)cc1. The number of benzene rings is 3. The van der Waals surface area contributed by atoms with Crippen molar-refractivity contribution in [3.8, 4) is 22.7 Å². The summed E-state index contributed by atoms with van der Waals surface area (Å²) in [4.78, 5) is 24.2. The number of nitrogens with zero attached hydrogens (tertiary/aromatic N) is 2. The van der Waals surface area contributed by atoms with Gasteiger partial charge in [0.05, 0.1) is 22.8 Å². The maximum Gasteiger partial charge on any atom is 0.224 e. The first kappa shape index (κ1) is 20.6. The van der Waals surface area contributed by atoms with Gasteiger partial charge >= 0.3 is 0 Å². The number of aromatic amines is 1. The Morgan fingerprint density at radius 1 is 0.970 bits per heavy atom. The van der Waals surface area contributed by atoms with Crippen molar-refractivity contribution in [1.29, 1.82) is 0 Å². The van der Waals surface area contributed by atoms with Gasteiger partial charge in [-0.25, -0.2) is 18.7 Å². The number of carbonyl (C=O) groups excluding carboxylic acids is 1. The Hall–Kier alpha value is -4.33. The number of aromatic nitrogens is 3. The summed E-state index contributed by atoms with van der Waals surface area (Å²) in [6.45, 7) is 0. The van der Waals surface area contributed by atoms with E-state index in [9.17, 15) is 13.6 Å². The van der Waals surface area contributed by atoms with Gasteiger partial charge in [0.2, 0.25) is 5.91 Å². The number of hydrogen-bond acceptors (Lipinski definition) is 4. The molecule has 0 saturated carbocycles. The third-order valence-electron chi connectivity index (χ3n) is 5.16. The molecule has 0 aliphatic rings. The van der Waals surface area contributed by atoms with E-state index in [1.165, 1.54) is 12.3 Å². The first-order chi connectivity index (χ1) is 16.1. The lowest BCUT2D eigenvalue weighted by Crippen LogP contribution is -2.12. The summed E-state index contributed by atoms with van der Waals surface area (Å²) >= 11 is 0. The van der Waals surface area contributed by atoms with Crippen LogP contribution >= 0.6 is 0 Å². The highest BCUT2D eigenvalue weighted by molar-refractivity contribution is 5.91. The van der Waals surface area contributed by atoms with Crippen LogP contribution in [0.25, 0.3) is 33.7 Å². The fourth-order valence-electron chi connectivity index (χ4n) is 3.52. The third-order valence-corrected chi connectivity index (χ3v) is 5.16. The standard InChI is InChI=1S/C25H18F2N4O2/c26-17-4-3-5-18(27)24(17)21-14-28-23(33-21)13-12-22(32)29-16-10-8-15(9-11-16)25-30-19-6-1-2-7-20(19)31-25/h1-11,14H,12-13H2,(H,29,32)(H,30,31). The molecule has 0 atom stereocenters. The van der Waals surface area contributed by atoms with Gasteiger partial charge in [-0.15, -0.1) is 0 Å². The van der Waals surface area contributed by atoms with Crippen LogP contribution < -0.4 is 5.32 Å². The van der Waals surface area contributed by atoms with Gasteiger partial charge in [0, 0.05) is 24.1 Å². The number of fused-ring (bicyclic) bond motifs is 1. The van der Waals surface area contributed by atoms with Gasteiger partial charge in [-0.2, -0.15) is 0 Å². The minimum Gasteiger partial charge on any atom is -0.441 e. The molecule has 0 radical (unpaired) electrons. The van der Waals surface area contributed by atoms with Crippen molar-refractivity contribution < 1.29 is 18.0 Å². The van der Waals surface area contributed by atoms with Gasteiger partial charge in [-0.3, -0.25) is 4.79 Å². The second-order valence-corrected chi connectivity index (χ2v) is 7.44. The Balaban J connectivity index is 1.20. The zero-order chi connectivity index (χ0) is 22.8. The Morgan fingerprint density at radius 3 is 2.48 bits per heavy atom. The number of halogens is 2. The Kier molecular flexibility index (Phi) is 5.40. The van der Waals surface area contributed by atoms with Crippen LogP contribution in [0.5, 0.6) is 0 Å². The molecule has 6 nitrogen and oxygen atoms in total. The number of imidazole rings is 1. The molecule has 3 aromatic carbocycles. The third kappa shape index (κ3) is 4.36. The minimum absolute atomic E-state index is 0.0119. The van der Waals surface area contributed by atoms with Crippen LogP contribution in [0.2, 0.25) is 0 Å². The van der Waals surface area contributed by atoms with Crippen LogP contribution in [0.1, 0.15) is 12.3 Å². The largest absolute Gasteiger partial charge is 0.441 e. The van der Waals surface area contributed by atoms with Gasteiger partial charge in [0.25, 0.3) is 0 Å². The molecule has 0 aliphatic heterocycles. The van der Waals surface area contributed by atoms with Crippen LogP contribution in [0, 0.1) is 11.6 Å². The molecule has 0 saturated heterocycles. The van der Waals surface area contributed by atoms with Crippen LogP contribution in [0.3, 0.4) is 0 Å². The highest BCUT2D eigenvalue weighted by Crippen LogP contribution is 2.27. The zero-order valence-electron chi connectivity index (χ0n) is 17.3. The highest BCUT2D eigenvalue weighted by atomic mass is 19.1. The molecule has 1 amide bonds. The summed E-state index contributed by atoms with van der Waals surface area (Å²) < 4.78 is 33.2. The molecule has 164 valence electrons. The molecule has 5 aromatic rings.